The van der Waals surface area contributed by atoms with E-state index >= 15 is 0 Å². The number of ketones is 1. The Balaban J connectivity index is 1.88. The number of hydrogen-bond donors (Lipinski definition) is 0. The second kappa shape index (κ2) is 8.55. The molecule has 0 atom stereocenters. The Hall–Kier alpha value is -3.91. The van der Waals surface area contributed by atoms with Gasteiger partial charge < -0.3 is 9.15 Å². The molecule has 3 aromatic carbocycles. The lowest BCUT2D eigenvalue weighted by Gasteiger charge is -2.22. The molecule has 0 unspecified atom stereocenters. The van der Waals surface area contributed by atoms with Crippen molar-refractivity contribution in [1.29, 1.82) is 0 Å². The fraction of sp³-hybridized carbons (Fsp3) is 0.120. The molecule has 0 aliphatic heterocycles. The molecule has 0 radical (unpaired) electrons. The van der Waals surface area contributed by atoms with E-state index in [1.54, 1.807) is 49.4 Å². The maximum Gasteiger partial charge on any atom is 0.434 e. The number of sulfonamides is 1. The van der Waals surface area contributed by atoms with Gasteiger partial charge in [0, 0.05) is 5.39 Å². The Morgan fingerprint density at radius 1 is 0.909 bits per heavy atom. The molecule has 0 bridgehead atoms. The second-order valence-corrected chi connectivity index (χ2v) is 9.32. The highest BCUT2D eigenvalue weighted by atomic mass is 32.2. The zero-order valence-electron chi connectivity index (χ0n) is 18.2. The monoisotopic (exact) mass is 463 g/mol. The van der Waals surface area contributed by atoms with Crippen molar-refractivity contribution in [3.8, 4) is 5.75 Å². The van der Waals surface area contributed by atoms with Crippen molar-refractivity contribution >= 4 is 38.6 Å². The highest BCUT2D eigenvalue weighted by Crippen LogP contribution is 2.33. The standard InChI is InChI=1S/C25H21NO6S/c1-16-9-12-21(13-10-16)33(29,30)26(25(28)32-20-7-5-4-6-8-20)19-11-14-23-22(15-19)24(17(2)27)18(3)31-23/h4-15H,1-3H3. The van der Waals surface area contributed by atoms with Gasteiger partial charge in [-0.1, -0.05) is 35.9 Å². The Kier molecular flexibility index (Phi) is 5.78. The van der Waals surface area contributed by atoms with Gasteiger partial charge in [-0.2, -0.15) is 4.31 Å². The average molecular weight is 464 g/mol. The summed E-state index contributed by atoms with van der Waals surface area (Å²) >= 11 is 0. The molecular formula is C25H21NO6S. The molecule has 0 fully saturated rings. The van der Waals surface area contributed by atoms with Crippen LogP contribution in [-0.2, 0) is 10.0 Å². The summed E-state index contributed by atoms with van der Waals surface area (Å²) in [5.41, 5.74) is 1.63. The molecule has 0 aliphatic carbocycles. The van der Waals surface area contributed by atoms with Gasteiger partial charge in [-0.15, -0.1) is 0 Å². The van der Waals surface area contributed by atoms with E-state index in [0.717, 1.165) is 5.56 Å². The normalized spacial score (nSPS) is 11.4. The molecule has 0 aliphatic rings. The molecular weight excluding hydrogens is 442 g/mol. The van der Waals surface area contributed by atoms with E-state index in [1.165, 1.54) is 37.3 Å². The van der Waals surface area contributed by atoms with Crippen molar-refractivity contribution in [2.75, 3.05) is 4.31 Å². The molecule has 7 nitrogen and oxygen atoms in total. The Morgan fingerprint density at radius 3 is 2.21 bits per heavy atom. The number of para-hydroxylation sites is 1. The Bertz CT molecular complexity index is 1450. The summed E-state index contributed by atoms with van der Waals surface area (Å²) in [6.45, 7) is 4.88. The minimum atomic E-state index is -4.34. The lowest BCUT2D eigenvalue weighted by atomic mass is 10.1. The van der Waals surface area contributed by atoms with Gasteiger partial charge in [0.15, 0.2) is 5.78 Å². The van der Waals surface area contributed by atoms with Gasteiger partial charge in [-0.3, -0.25) is 4.79 Å². The first-order valence-electron chi connectivity index (χ1n) is 10.1. The third-order valence-corrected chi connectivity index (χ3v) is 6.82. The van der Waals surface area contributed by atoms with Crippen LogP contribution in [0.15, 0.2) is 82.1 Å². The number of Topliss-reactive ketones (excluding diaryl/α,β-unsaturated/α-hetero) is 1. The van der Waals surface area contributed by atoms with Gasteiger partial charge in [-0.05, 0) is 63.2 Å². The molecule has 0 saturated carbocycles. The summed E-state index contributed by atoms with van der Waals surface area (Å²) in [7, 11) is -4.34. The fourth-order valence-corrected chi connectivity index (χ4v) is 4.88. The molecule has 8 heteroatoms. The highest BCUT2D eigenvalue weighted by Gasteiger charge is 2.33. The molecule has 0 N–H and O–H groups in total. The van der Waals surface area contributed by atoms with Crippen LogP contribution in [-0.4, -0.2) is 20.3 Å². The molecule has 1 heterocycles. The number of benzene rings is 3. The predicted molar refractivity (Wildman–Crippen MR) is 124 cm³/mol. The number of furan rings is 1. The smallest absolute Gasteiger partial charge is 0.434 e. The maximum atomic E-state index is 13.6. The lowest BCUT2D eigenvalue weighted by molar-refractivity contribution is 0.101. The quantitative estimate of drug-likeness (QED) is 0.355. The topological polar surface area (TPSA) is 93.9 Å². The number of fused-ring (bicyclic) bond motifs is 1. The molecule has 1 amide bonds. The summed E-state index contributed by atoms with van der Waals surface area (Å²) in [5, 5.41) is 0.411. The SMILES string of the molecule is CC(=O)c1c(C)oc2ccc(N(C(=O)Oc3ccccc3)S(=O)(=O)c3ccc(C)cc3)cc12. The number of carbonyl (C=O) groups excluding carboxylic acids is 2. The van der Waals surface area contributed by atoms with E-state index in [1.807, 2.05) is 6.92 Å². The first-order chi connectivity index (χ1) is 15.7. The zero-order valence-corrected chi connectivity index (χ0v) is 19.0. The predicted octanol–water partition coefficient (Wildman–Crippen LogP) is 5.65. The van der Waals surface area contributed by atoms with E-state index in [-0.39, 0.29) is 22.1 Å². The number of carbonyl (C=O) groups is 2. The molecule has 168 valence electrons. The van der Waals surface area contributed by atoms with E-state index in [9.17, 15) is 18.0 Å². The third-order valence-electron chi connectivity index (χ3n) is 5.11. The largest absolute Gasteiger partial charge is 0.461 e. The average Bonchev–Trinajstić information content (AvgIpc) is 3.10. The molecule has 4 rings (SSSR count). The number of nitrogens with zero attached hydrogens (tertiary/aromatic N) is 1. The van der Waals surface area contributed by atoms with Crippen LogP contribution in [0, 0.1) is 13.8 Å². The van der Waals surface area contributed by atoms with Crippen LogP contribution in [0.1, 0.15) is 28.6 Å². The van der Waals surface area contributed by atoms with E-state index in [0.29, 0.717) is 26.6 Å². The summed E-state index contributed by atoms with van der Waals surface area (Å²) in [6, 6.07) is 18.7. The summed E-state index contributed by atoms with van der Waals surface area (Å²) in [4.78, 5) is 25.3. The van der Waals surface area contributed by atoms with Crippen LogP contribution in [0.4, 0.5) is 10.5 Å². The van der Waals surface area contributed by atoms with Crippen LogP contribution in [0.5, 0.6) is 5.75 Å². The minimum Gasteiger partial charge on any atom is -0.461 e. The van der Waals surface area contributed by atoms with Crippen LogP contribution in [0.2, 0.25) is 0 Å². The van der Waals surface area contributed by atoms with Gasteiger partial charge in [0.25, 0.3) is 10.0 Å². The first kappa shape index (κ1) is 22.3. The van der Waals surface area contributed by atoms with E-state index in [2.05, 4.69) is 0 Å². The molecule has 0 saturated heterocycles. The zero-order chi connectivity index (χ0) is 23.8. The number of aryl methyl sites for hydroxylation is 2. The van der Waals surface area contributed by atoms with E-state index < -0.39 is 16.1 Å². The third kappa shape index (κ3) is 4.25. The van der Waals surface area contributed by atoms with Crippen LogP contribution >= 0.6 is 0 Å². The molecule has 33 heavy (non-hydrogen) atoms. The van der Waals surface area contributed by atoms with Crippen molar-refractivity contribution in [2.24, 2.45) is 0 Å². The lowest BCUT2D eigenvalue weighted by Crippen LogP contribution is -2.39. The van der Waals surface area contributed by atoms with Crippen molar-refractivity contribution in [1.82, 2.24) is 0 Å². The van der Waals surface area contributed by atoms with Crippen molar-refractivity contribution < 1.29 is 27.2 Å². The summed E-state index contributed by atoms with van der Waals surface area (Å²) in [6.07, 6.45) is -1.11. The van der Waals surface area contributed by atoms with Crippen LogP contribution in [0.25, 0.3) is 11.0 Å². The van der Waals surface area contributed by atoms with Gasteiger partial charge in [-0.25, -0.2) is 13.2 Å². The summed E-state index contributed by atoms with van der Waals surface area (Å²) < 4.78 is 38.7. The molecule has 4 aromatic rings. The van der Waals surface area contributed by atoms with E-state index in [4.69, 9.17) is 9.15 Å². The van der Waals surface area contributed by atoms with Crippen molar-refractivity contribution in [3.05, 3.63) is 89.7 Å². The van der Waals surface area contributed by atoms with Gasteiger partial charge in [0.2, 0.25) is 0 Å². The minimum absolute atomic E-state index is 0.0207. The Morgan fingerprint density at radius 2 is 1.58 bits per heavy atom. The molecule has 1 aromatic heterocycles. The van der Waals surface area contributed by atoms with Gasteiger partial charge >= 0.3 is 6.09 Å². The molecule has 0 spiro atoms. The number of ether oxygens (including phenoxy) is 1. The van der Waals surface area contributed by atoms with Crippen LogP contribution < -0.4 is 9.04 Å². The summed E-state index contributed by atoms with van der Waals surface area (Å²) in [5.74, 6) is 0.369. The Labute approximate surface area is 191 Å². The van der Waals surface area contributed by atoms with Gasteiger partial charge in [0.05, 0.1) is 16.1 Å². The number of hydrogen-bond acceptors (Lipinski definition) is 6. The van der Waals surface area contributed by atoms with Gasteiger partial charge in [0.1, 0.15) is 17.1 Å². The fourth-order valence-electron chi connectivity index (χ4n) is 3.56. The number of anilines is 1. The van der Waals surface area contributed by atoms with Crippen molar-refractivity contribution in [3.63, 3.8) is 0 Å². The maximum absolute atomic E-state index is 13.6. The first-order valence-corrected chi connectivity index (χ1v) is 11.6. The second-order valence-electron chi connectivity index (χ2n) is 7.53. The van der Waals surface area contributed by atoms with Crippen LogP contribution in [0.3, 0.4) is 0 Å². The highest BCUT2D eigenvalue weighted by molar-refractivity contribution is 7.93. The van der Waals surface area contributed by atoms with Crippen molar-refractivity contribution in [2.45, 2.75) is 25.7 Å². The number of amides is 1. The number of rotatable bonds is 5.